The molecule has 88 valence electrons. The van der Waals surface area contributed by atoms with E-state index in [0.29, 0.717) is 6.04 Å². The van der Waals surface area contributed by atoms with E-state index in [9.17, 15) is 0 Å². The fourth-order valence-corrected chi connectivity index (χ4v) is 2.78. The van der Waals surface area contributed by atoms with Gasteiger partial charge in [0.25, 0.3) is 0 Å². The molecule has 16 heavy (non-hydrogen) atoms. The van der Waals surface area contributed by atoms with Crippen LogP contribution in [0.4, 0.5) is 0 Å². The standard InChI is InChI=1S/C14H20ClN/c15-10-9-14(13-7-3-1-4-8-13)16-11-5-2-6-12-16/h1,3-4,7-8,14H,2,5-6,9-12H2/t14-/m1/s1. The van der Waals surface area contributed by atoms with Gasteiger partial charge in [-0.3, -0.25) is 4.90 Å². The number of hydrogen-bond donors (Lipinski definition) is 0. The number of benzene rings is 1. The van der Waals surface area contributed by atoms with Gasteiger partial charge in [-0.05, 0) is 37.9 Å². The van der Waals surface area contributed by atoms with Crippen LogP contribution >= 0.6 is 11.6 Å². The molecule has 1 fully saturated rings. The Morgan fingerprint density at radius 1 is 1.06 bits per heavy atom. The second-order valence-corrected chi connectivity index (χ2v) is 4.88. The van der Waals surface area contributed by atoms with E-state index in [0.717, 1.165) is 12.3 Å². The number of halogens is 1. The number of piperidine rings is 1. The lowest BCUT2D eigenvalue weighted by atomic mass is 10.00. The minimum atomic E-state index is 0.527. The molecule has 1 atom stereocenters. The molecule has 1 heterocycles. The first-order valence-corrected chi connectivity index (χ1v) is 6.80. The van der Waals surface area contributed by atoms with Gasteiger partial charge in [0.1, 0.15) is 0 Å². The van der Waals surface area contributed by atoms with Crippen LogP contribution in [0.3, 0.4) is 0 Å². The molecule has 0 aliphatic carbocycles. The van der Waals surface area contributed by atoms with Crippen molar-refractivity contribution in [3.05, 3.63) is 35.9 Å². The summed E-state index contributed by atoms with van der Waals surface area (Å²) in [5.74, 6) is 0.746. The second kappa shape index (κ2) is 6.27. The van der Waals surface area contributed by atoms with Crippen molar-refractivity contribution in [1.29, 1.82) is 0 Å². The van der Waals surface area contributed by atoms with Crippen LogP contribution in [-0.2, 0) is 0 Å². The molecule has 1 aliphatic heterocycles. The lowest BCUT2D eigenvalue weighted by Gasteiger charge is -2.34. The summed E-state index contributed by atoms with van der Waals surface area (Å²) in [6.07, 6.45) is 5.13. The predicted octanol–water partition coefficient (Wildman–Crippen LogP) is 3.84. The third kappa shape index (κ3) is 2.99. The molecule has 0 N–H and O–H groups in total. The normalized spacial score (nSPS) is 19.6. The topological polar surface area (TPSA) is 3.24 Å². The maximum Gasteiger partial charge on any atom is 0.0359 e. The molecular formula is C14H20ClN. The molecule has 1 aromatic rings. The summed E-state index contributed by atoms with van der Waals surface area (Å²) in [4.78, 5) is 2.60. The highest BCUT2D eigenvalue weighted by Gasteiger charge is 2.21. The van der Waals surface area contributed by atoms with Gasteiger partial charge in [0.15, 0.2) is 0 Å². The molecule has 1 nitrogen and oxygen atoms in total. The third-order valence-electron chi connectivity index (χ3n) is 3.40. The summed E-state index contributed by atoms with van der Waals surface area (Å²) in [6, 6.07) is 11.3. The van der Waals surface area contributed by atoms with Gasteiger partial charge in [0, 0.05) is 11.9 Å². The van der Waals surface area contributed by atoms with E-state index in [-0.39, 0.29) is 0 Å². The number of hydrogen-bond acceptors (Lipinski definition) is 1. The maximum atomic E-state index is 5.94. The summed E-state index contributed by atoms with van der Waals surface area (Å²) in [6.45, 7) is 2.47. The zero-order chi connectivity index (χ0) is 11.2. The Bertz CT molecular complexity index is 293. The van der Waals surface area contributed by atoms with Crippen molar-refractivity contribution >= 4 is 11.6 Å². The van der Waals surface area contributed by atoms with Gasteiger partial charge in [-0.15, -0.1) is 11.6 Å². The van der Waals surface area contributed by atoms with Crippen molar-refractivity contribution < 1.29 is 0 Å². The molecule has 1 aromatic carbocycles. The van der Waals surface area contributed by atoms with Crippen LogP contribution in [0.15, 0.2) is 30.3 Å². The van der Waals surface area contributed by atoms with Crippen LogP contribution in [-0.4, -0.2) is 23.9 Å². The van der Waals surface area contributed by atoms with E-state index in [4.69, 9.17) is 11.6 Å². The highest BCUT2D eigenvalue weighted by Crippen LogP contribution is 2.27. The Balaban J connectivity index is 2.09. The van der Waals surface area contributed by atoms with Gasteiger partial charge < -0.3 is 0 Å². The fourth-order valence-electron chi connectivity index (χ4n) is 2.57. The van der Waals surface area contributed by atoms with Crippen LogP contribution in [0.5, 0.6) is 0 Å². The van der Waals surface area contributed by atoms with Crippen molar-refractivity contribution in [2.75, 3.05) is 19.0 Å². The maximum absolute atomic E-state index is 5.94. The minimum Gasteiger partial charge on any atom is -0.296 e. The van der Waals surface area contributed by atoms with Crippen LogP contribution in [0, 0.1) is 0 Å². The zero-order valence-corrected chi connectivity index (χ0v) is 10.5. The van der Waals surface area contributed by atoms with Crippen molar-refractivity contribution in [3.8, 4) is 0 Å². The van der Waals surface area contributed by atoms with Crippen molar-refractivity contribution in [1.82, 2.24) is 4.90 Å². The summed E-state index contributed by atoms with van der Waals surface area (Å²) < 4.78 is 0. The monoisotopic (exact) mass is 237 g/mol. The molecule has 1 saturated heterocycles. The van der Waals surface area contributed by atoms with Crippen LogP contribution < -0.4 is 0 Å². The number of rotatable bonds is 4. The van der Waals surface area contributed by atoms with Gasteiger partial charge in [-0.2, -0.15) is 0 Å². The van der Waals surface area contributed by atoms with Crippen LogP contribution in [0.2, 0.25) is 0 Å². The molecule has 0 radical (unpaired) electrons. The molecule has 2 rings (SSSR count). The minimum absolute atomic E-state index is 0.527. The van der Waals surface area contributed by atoms with Gasteiger partial charge in [0.2, 0.25) is 0 Å². The Morgan fingerprint density at radius 2 is 1.75 bits per heavy atom. The van der Waals surface area contributed by atoms with Crippen molar-refractivity contribution in [2.24, 2.45) is 0 Å². The first kappa shape index (κ1) is 11.9. The Morgan fingerprint density at radius 3 is 2.38 bits per heavy atom. The lowest BCUT2D eigenvalue weighted by Crippen LogP contribution is -2.34. The molecule has 0 spiro atoms. The van der Waals surface area contributed by atoms with Gasteiger partial charge in [-0.25, -0.2) is 0 Å². The van der Waals surface area contributed by atoms with Crippen molar-refractivity contribution in [2.45, 2.75) is 31.7 Å². The predicted molar refractivity (Wildman–Crippen MR) is 69.9 cm³/mol. The lowest BCUT2D eigenvalue weighted by molar-refractivity contribution is 0.160. The molecule has 0 aromatic heterocycles. The van der Waals surface area contributed by atoms with Gasteiger partial charge >= 0.3 is 0 Å². The first-order valence-electron chi connectivity index (χ1n) is 6.27. The zero-order valence-electron chi connectivity index (χ0n) is 9.74. The van der Waals surface area contributed by atoms with Crippen LogP contribution in [0.1, 0.15) is 37.3 Å². The van der Waals surface area contributed by atoms with E-state index in [2.05, 4.69) is 35.2 Å². The summed E-state index contributed by atoms with van der Waals surface area (Å²) in [5, 5.41) is 0. The summed E-state index contributed by atoms with van der Waals surface area (Å²) >= 11 is 5.94. The molecule has 0 saturated carbocycles. The highest BCUT2D eigenvalue weighted by atomic mass is 35.5. The van der Waals surface area contributed by atoms with E-state index < -0.39 is 0 Å². The SMILES string of the molecule is ClCC[C@H](c1ccccc1)N1CCCCC1. The average molecular weight is 238 g/mol. The Kier molecular flexibility index (Phi) is 4.68. The molecule has 1 aliphatic rings. The van der Waals surface area contributed by atoms with E-state index in [1.54, 1.807) is 0 Å². The second-order valence-electron chi connectivity index (χ2n) is 4.50. The molecule has 0 bridgehead atoms. The van der Waals surface area contributed by atoms with Gasteiger partial charge in [0.05, 0.1) is 0 Å². The van der Waals surface area contributed by atoms with E-state index in [1.165, 1.54) is 37.9 Å². The number of nitrogens with zero attached hydrogens (tertiary/aromatic N) is 1. The molecule has 2 heteroatoms. The fraction of sp³-hybridized carbons (Fsp3) is 0.571. The van der Waals surface area contributed by atoms with E-state index in [1.807, 2.05) is 0 Å². The average Bonchev–Trinajstić information content (AvgIpc) is 2.38. The third-order valence-corrected chi connectivity index (χ3v) is 3.62. The van der Waals surface area contributed by atoms with Crippen LogP contribution in [0.25, 0.3) is 0 Å². The van der Waals surface area contributed by atoms with Crippen molar-refractivity contribution in [3.63, 3.8) is 0 Å². The summed E-state index contributed by atoms with van der Waals surface area (Å²) in [5.41, 5.74) is 1.42. The van der Waals surface area contributed by atoms with Gasteiger partial charge in [-0.1, -0.05) is 36.8 Å². The Labute approximate surface area is 103 Å². The largest absolute Gasteiger partial charge is 0.296 e. The smallest absolute Gasteiger partial charge is 0.0359 e. The quantitative estimate of drug-likeness (QED) is 0.720. The van der Waals surface area contributed by atoms with E-state index >= 15 is 0 Å². The highest BCUT2D eigenvalue weighted by molar-refractivity contribution is 6.17. The molecule has 0 amide bonds. The number of alkyl halides is 1. The molecular weight excluding hydrogens is 218 g/mol. The molecule has 0 unspecified atom stereocenters. The first-order chi connectivity index (χ1) is 7.92. The number of likely N-dealkylation sites (tertiary alicyclic amines) is 1. The Hall–Kier alpha value is -0.530. The summed E-state index contributed by atoms with van der Waals surface area (Å²) in [7, 11) is 0.